The summed E-state index contributed by atoms with van der Waals surface area (Å²) < 4.78 is 0. The summed E-state index contributed by atoms with van der Waals surface area (Å²) in [5, 5.41) is 179. The average Bonchev–Trinajstić information content (AvgIpc) is 3.12. The van der Waals surface area contributed by atoms with E-state index in [1.165, 1.54) is 0 Å². The third kappa shape index (κ3) is 9970. The fourth-order valence-electron chi connectivity index (χ4n) is 0.0589. The molecule has 0 aromatic carbocycles. The molecule has 0 saturated heterocycles. The van der Waals surface area contributed by atoms with Crippen LogP contribution in [0.4, 0.5) is 0 Å². The molecule has 0 rings (SSSR count). The van der Waals surface area contributed by atoms with E-state index in [-0.39, 0.29) is 312 Å². The van der Waals surface area contributed by atoms with Crippen LogP contribution >= 0.6 is 0 Å². The number of rotatable bonds is 2. The monoisotopic (exact) mass is 1280 g/mol. The van der Waals surface area contributed by atoms with Crippen molar-refractivity contribution in [3.63, 3.8) is 0 Å². The zero-order valence-corrected chi connectivity index (χ0v) is 57.1. The zero-order chi connectivity index (χ0) is 52.8. The van der Waals surface area contributed by atoms with Gasteiger partial charge in [-0.05, 0) is 0 Å². The minimum atomic E-state index is -0.219. The Morgan fingerprint density at radius 1 is 0.143 bits per heavy atom. The van der Waals surface area contributed by atoms with Gasteiger partial charge in [0.05, 0.1) is 0 Å². The van der Waals surface area contributed by atoms with Crippen LogP contribution < -0.4 is 102 Å². The van der Waals surface area contributed by atoms with Gasteiger partial charge in [0.1, 0.15) is 0 Å². The molecule has 0 bridgehead atoms. The molecule has 0 N–H and O–H groups in total. The molecule has 0 aromatic rings. The molecular formula is C39H96O24Ti7. The average molecular weight is 1280 g/mol. The van der Waals surface area contributed by atoms with Gasteiger partial charge in [-0.15, -0.1) is 132 Å². The second kappa shape index (κ2) is 605. The largest absolute Gasteiger partial charge is 4.00 e. The van der Waals surface area contributed by atoms with Crippen molar-refractivity contribution in [2.75, 3.05) is 132 Å². The maximum atomic E-state index is 9.33. The topological polar surface area (TPSA) is 575 Å². The first kappa shape index (κ1) is 204. The van der Waals surface area contributed by atoms with E-state index in [0.29, 0.717) is 0 Å². The fraction of sp³-hybridized carbons (Fsp3) is 1.00. The molecular weight excluding hydrogens is 1190 g/mol. The first-order valence-corrected chi connectivity index (χ1v) is 19.5. The Bertz CT molecular complexity index is 201. The van der Waals surface area contributed by atoms with Crippen LogP contribution in [0.2, 0.25) is 0 Å². The van der Waals surface area contributed by atoms with Crippen LogP contribution in [-0.4, -0.2) is 132 Å². The van der Waals surface area contributed by atoms with E-state index < -0.39 is 0 Å². The van der Waals surface area contributed by atoms with Crippen LogP contribution in [0.5, 0.6) is 0 Å². The Balaban J connectivity index is -0.00000000856. The quantitative estimate of drug-likeness (QED) is 0.232. The Kier molecular flexibility index (Phi) is 1760. The molecule has 0 saturated carbocycles. The van der Waals surface area contributed by atoms with Gasteiger partial charge < -0.3 is 124 Å². The van der Waals surface area contributed by atoms with Crippen molar-refractivity contribution in [2.45, 2.75) is 131 Å². The van der Waals surface area contributed by atoms with Crippen molar-refractivity contribution < 1.29 is 276 Å². The molecule has 0 atom stereocenters. The van der Waals surface area contributed by atoms with E-state index in [1.807, 2.05) is 0 Å². The van der Waals surface area contributed by atoms with Crippen LogP contribution in [0.15, 0.2) is 0 Å². The molecule has 0 fully saturated rings. The van der Waals surface area contributed by atoms with E-state index in [1.54, 1.807) is 125 Å². The van der Waals surface area contributed by atoms with Gasteiger partial charge in [0.2, 0.25) is 0 Å². The van der Waals surface area contributed by atoms with Crippen LogP contribution in [-0.2, 0) is 174 Å². The molecule has 0 aliphatic carbocycles. The van der Waals surface area contributed by atoms with Gasteiger partial charge in [-0.25, -0.2) is 0 Å². The van der Waals surface area contributed by atoms with Crippen LogP contribution in [0.25, 0.3) is 0 Å². The molecule has 0 unspecified atom stereocenters. The molecule has 0 heterocycles. The van der Waals surface area contributed by atoms with Crippen LogP contribution in [0.1, 0.15) is 131 Å². The normalized spacial score (nSPS) is 5.23. The van der Waals surface area contributed by atoms with Crippen LogP contribution in [0, 0.1) is 0 Å². The zero-order valence-electron chi connectivity index (χ0n) is 46.1. The Labute approximate surface area is 534 Å². The summed E-state index contributed by atoms with van der Waals surface area (Å²) in [4.78, 5) is 0. The van der Waals surface area contributed by atoms with Crippen molar-refractivity contribution in [3.05, 3.63) is 0 Å². The SMILES string of the molecule is CC[O-].CC[O-].CC[O-].CC[O-].CC[O-].CC[O-].CC[O-].CC[O-].CC[O-].CC[O-].CC[O-].CC[O-].CC[O-].CC[O-].CC[O-].CC[O-].CC[O-].CC[O-].[O-2].[O-2].[O-2].[O-2].[O-]CCC[O-].[Ti+4].[Ti+4].[Ti+4].[Ti+4].[Ti+4].[Ti+4].[Ti+4]. The molecule has 24 nitrogen and oxygen atoms in total. The van der Waals surface area contributed by atoms with Gasteiger partial charge in [0.25, 0.3) is 0 Å². The molecule has 0 amide bonds. The molecule has 0 aliphatic rings. The van der Waals surface area contributed by atoms with Crippen molar-refractivity contribution >= 4 is 0 Å². The summed E-state index contributed by atoms with van der Waals surface area (Å²) in [5.74, 6) is 0. The molecule has 0 aliphatic heterocycles. The summed E-state index contributed by atoms with van der Waals surface area (Å²) >= 11 is 0. The first-order chi connectivity index (χ1) is 27.9. The van der Waals surface area contributed by atoms with E-state index in [2.05, 4.69) is 0 Å². The molecule has 0 aromatic heterocycles. The number of hydrogen-bond acceptors (Lipinski definition) is 20. The van der Waals surface area contributed by atoms with E-state index in [9.17, 15) is 10.2 Å². The maximum absolute atomic E-state index is 9.33. The first-order valence-electron chi connectivity index (χ1n) is 19.5. The van der Waals surface area contributed by atoms with E-state index in [4.69, 9.17) is 91.9 Å². The fourth-order valence-corrected chi connectivity index (χ4v) is 0.0589. The predicted octanol–water partition coefficient (Wildman–Crippen LogP) is -13.8. The third-order valence-electron chi connectivity index (χ3n) is 0.289. The van der Waals surface area contributed by atoms with Gasteiger partial charge in [-0.1, -0.05) is 131 Å². The summed E-state index contributed by atoms with van der Waals surface area (Å²) in [7, 11) is 0. The van der Waals surface area contributed by atoms with E-state index in [0.717, 1.165) is 0 Å². The van der Waals surface area contributed by atoms with Gasteiger partial charge >= 0.3 is 152 Å². The van der Waals surface area contributed by atoms with Gasteiger partial charge in [-0.3, -0.25) is 0 Å². The summed E-state index contributed by atoms with van der Waals surface area (Å²) in [6.07, 6.45) is 0.278. The second-order valence-electron chi connectivity index (χ2n) is 5.96. The molecule has 424 valence electrons. The molecule has 70 heavy (non-hydrogen) atoms. The Morgan fingerprint density at radius 3 is 0.171 bits per heavy atom. The predicted molar refractivity (Wildman–Crippen MR) is 207 cm³/mol. The second-order valence-corrected chi connectivity index (χ2v) is 5.96. The summed E-state index contributed by atoms with van der Waals surface area (Å²) in [5.41, 5.74) is 0. The molecule has 0 radical (unpaired) electrons. The minimum absolute atomic E-state index is 0. The van der Waals surface area contributed by atoms with Gasteiger partial charge in [-0.2, -0.15) is 0 Å². The van der Waals surface area contributed by atoms with Crippen LogP contribution in [0.3, 0.4) is 0 Å². The van der Waals surface area contributed by atoms with Gasteiger partial charge in [0.15, 0.2) is 0 Å². The Hall–Kier alpha value is 4.04. The molecule has 31 heteroatoms. The van der Waals surface area contributed by atoms with Crippen molar-refractivity contribution in [1.82, 2.24) is 0 Å². The third-order valence-corrected chi connectivity index (χ3v) is 0.289. The Morgan fingerprint density at radius 2 is 0.171 bits per heavy atom. The van der Waals surface area contributed by atoms with E-state index >= 15 is 0 Å². The van der Waals surface area contributed by atoms with Crippen molar-refractivity contribution in [3.8, 4) is 0 Å². The minimum Gasteiger partial charge on any atom is -2.00 e. The van der Waals surface area contributed by atoms with Crippen molar-refractivity contribution in [2.24, 2.45) is 0 Å². The molecule has 0 spiro atoms. The van der Waals surface area contributed by atoms with Crippen molar-refractivity contribution in [1.29, 1.82) is 0 Å². The summed E-state index contributed by atoms with van der Waals surface area (Å²) in [6, 6.07) is 0. The number of hydrogen-bond donors (Lipinski definition) is 0. The van der Waals surface area contributed by atoms with Gasteiger partial charge in [0, 0.05) is 0 Å². The standard InChI is InChI=1S/C3H6O2.18C2H5O.4O.7Ti/c4-2-1-3-5;18*1-2-3;;;;;;;;;;;/h1-3H2;18*2H2,1H3;;;;;;;;;;;/q-2;18*-1;4*-2;7*+4. The summed E-state index contributed by atoms with van der Waals surface area (Å²) in [6.45, 7) is 27.8. The smallest absolute Gasteiger partial charge is 2.00 e. The maximum Gasteiger partial charge on any atom is 4.00 e.